The van der Waals surface area contributed by atoms with Gasteiger partial charge in [0.1, 0.15) is 0 Å². The van der Waals surface area contributed by atoms with E-state index in [4.69, 9.17) is 9.11 Å². The summed E-state index contributed by atoms with van der Waals surface area (Å²) in [6.45, 7) is 0. The minimum atomic E-state index is -5.01. The van der Waals surface area contributed by atoms with Gasteiger partial charge in [-0.3, -0.25) is 9.11 Å². The Morgan fingerprint density at radius 2 is 1.30 bits per heavy atom. The van der Waals surface area contributed by atoms with Gasteiger partial charge in [-0.15, -0.1) is 0 Å². The van der Waals surface area contributed by atoms with E-state index in [2.05, 4.69) is 0 Å². The van der Waals surface area contributed by atoms with Crippen molar-refractivity contribution in [3.05, 3.63) is 48.0 Å². The van der Waals surface area contributed by atoms with Crippen molar-refractivity contribution >= 4 is 60.6 Å². The first kappa shape index (κ1) is 17.6. The van der Waals surface area contributed by atoms with Gasteiger partial charge in [0.05, 0.1) is 0 Å². The molecule has 20 heavy (non-hydrogen) atoms. The average molecular weight is 325 g/mol. The maximum Gasteiger partial charge on any atom is 0.289 e. The van der Waals surface area contributed by atoms with Gasteiger partial charge in [0.25, 0.3) is 20.2 Å². The topological polar surface area (TPSA) is 109 Å². The van der Waals surface area contributed by atoms with Crippen LogP contribution in [0.4, 0.5) is 0 Å². The minimum absolute atomic E-state index is 0. The standard InChI is InChI=1S/C11H10O6S2.Na/c12-18(13,14)11(19(15,16)17)10-7-3-5-8-4-1-2-6-9(8)10;/h1-7,11H,(H,12,13,14)(H,15,16,17);. The molecule has 0 aliphatic heterocycles. The van der Waals surface area contributed by atoms with Gasteiger partial charge in [-0.1, -0.05) is 42.5 Å². The van der Waals surface area contributed by atoms with Gasteiger partial charge in [-0.05, 0) is 16.3 Å². The molecule has 103 valence electrons. The predicted octanol–water partition coefficient (Wildman–Crippen LogP) is 1.23. The molecule has 0 amide bonds. The summed E-state index contributed by atoms with van der Waals surface area (Å²) in [5.74, 6) is 0. The molecule has 0 bridgehead atoms. The number of rotatable bonds is 3. The van der Waals surface area contributed by atoms with Crippen molar-refractivity contribution in [2.45, 2.75) is 4.58 Å². The van der Waals surface area contributed by atoms with Crippen LogP contribution < -0.4 is 0 Å². The van der Waals surface area contributed by atoms with Crippen molar-refractivity contribution in [2.24, 2.45) is 0 Å². The van der Waals surface area contributed by atoms with Crippen LogP contribution in [0.3, 0.4) is 0 Å². The van der Waals surface area contributed by atoms with Crippen molar-refractivity contribution in [1.29, 1.82) is 0 Å². The Morgan fingerprint density at radius 1 is 0.800 bits per heavy atom. The zero-order chi connectivity index (χ0) is 14.3. The van der Waals surface area contributed by atoms with E-state index in [1.54, 1.807) is 24.3 Å². The SMILES string of the molecule is O=S(=O)(O)C(c1cccc2ccccc12)S(=O)(=O)O.[Na]. The minimum Gasteiger partial charge on any atom is -0.284 e. The van der Waals surface area contributed by atoms with Gasteiger partial charge < -0.3 is 0 Å². The van der Waals surface area contributed by atoms with E-state index in [9.17, 15) is 16.8 Å². The molecule has 0 spiro atoms. The molecule has 2 aromatic carbocycles. The van der Waals surface area contributed by atoms with Crippen LogP contribution in [0.5, 0.6) is 0 Å². The fraction of sp³-hybridized carbons (Fsp3) is 0.0909. The molecule has 0 atom stereocenters. The van der Waals surface area contributed by atoms with Gasteiger partial charge >= 0.3 is 0 Å². The van der Waals surface area contributed by atoms with E-state index in [-0.39, 0.29) is 35.1 Å². The predicted molar refractivity (Wildman–Crippen MR) is 75.5 cm³/mol. The molecule has 0 saturated heterocycles. The largest absolute Gasteiger partial charge is 0.289 e. The summed E-state index contributed by atoms with van der Waals surface area (Å²) in [7, 11) is -10.0. The Hall–Kier alpha value is -0.480. The van der Waals surface area contributed by atoms with Crippen LogP contribution in [0.2, 0.25) is 0 Å². The zero-order valence-electron chi connectivity index (χ0n) is 10.5. The van der Waals surface area contributed by atoms with E-state index in [1.165, 1.54) is 18.2 Å². The van der Waals surface area contributed by atoms with Crippen molar-refractivity contribution < 1.29 is 25.9 Å². The summed E-state index contributed by atoms with van der Waals surface area (Å²) in [5, 5.41) is 0.919. The van der Waals surface area contributed by atoms with Crippen LogP contribution >= 0.6 is 0 Å². The molecule has 6 nitrogen and oxygen atoms in total. The zero-order valence-corrected chi connectivity index (χ0v) is 14.1. The van der Waals surface area contributed by atoms with Crippen molar-refractivity contribution in [1.82, 2.24) is 0 Å². The molecular formula is C11H10NaO6S2. The van der Waals surface area contributed by atoms with E-state index in [0.717, 1.165) is 0 Å². The van der Waals surface area contributed by atoms with E-state index in [0.29, 0.717) is 10.8 Å². The summed E-state index contributed by atoms with van der Waals surface area (Å²) in [5.41, 5.74) is -0.192. The molecule has 2 rings (SSSR count). The maximum atomic E-state index is 11.2. The summed E-state index contributed by atoms with van der Waals surface area (Å²) < 4.78 is 60.7. The van der Waals surface area contributed by atoms with Crippen LogP contribution in [-0.4, -0.2) is 55.5 Å². The van der Waals surface area contributed by atoms with Gasteiger partial charge in [-0.2, -0.15) is 16.8 Å². The van der Waals surface area contributed by atoms with Crippen LogP contribution in [0.1, 0.15) is 10.1 Å². The second-order valence-corrected chi connectivity index (χ2v) is 7.23. The van der Waals surface area contributed by atoms with Crippen LogP contribution in [0, 0.1) is 0 Å². The summed E-state index contributed by atoms with van der Waals surface area (Å²) >= 11 is 0. The smallest absolute Gasteiger partial charge is 0.284 e. The average Bonchev–Trinajstić information content (AvgIpc) is 2.25. The first-order chi connectivity index (χ1) is 8.71. The van der Waals surface area contributed by atoms with Gasteiger partial charge in [0.2, 0.25) is 4.58 Å². The number of benzene rings is 2. The van der Waals surface area contributed by atoms with Gasteiger partial charge in [-0.25, -0.2) is 0 Å². The molecule has 0 saturated carbocycles. The van der Waals surface area contributed by atoms with Gasteiger partial charge in [0, 0.05) is 29.6 Å². The third-order valence-corrected chi connectivity index (χ3v) is 5.67. The maximum absolute atomic E-state index is 11.2. The quantitative estimate of drug-likeness (QED) is 0.649. The van der Waals surface area contributed by atoms with Gasteiger partial charge in [0.15, 0.2) is 0 Å². The Balaban J connectivity index is 0.00000200. The number of fused-ring (bicyclic) bond motifs is 1. The Morgan fingerprint density at radius 3 is 1.85 bits per heavy atom. The third-order valence-electron chi connectivity index (χ3n) is 2.62. The third kappa shape index (κ3) is 3.59. The fourth-order valence-electron chi connectivity index (χ4n) is 1.93. The Kier molecular flexibility index (Phi) is 5.36. The first-order valence-electron chi connectivity index (χ1n) is 5.11. The van der Waals surface area contributed by atoms with E-state index < -0.39 is 24.8 Å². The molecule has 0 unspecified atom stereocenters. The van der Waals surface area contributed by atoms with E-state index >= 15 is 0 Å². The summed E-state index contributed by atoms with van der Waals surface area (Å²) in [6, 6.07) is 10.8. The van der Waals surface area contributed by atoms with Crippen molar-refractivity contribution in [3.8, 4) is 0 Å². The summed E-state index contributed by atoms with van der Waals surface area (Å²) in [4.78, 5) is 0. The van der Waals surface area contributed by atoms with Crippen molar-refractivity contribution in [3.63, 3.8) is 0 Å². The molecule has 2 N–H and O–H groups in total. The molecule has 2 aromatic rings. The van der Waals surface area contributed by atoms with Crippen molar-refractivity contribution in [2.75, 3.05) is 0 Å². The second-order valence-electron chi connectivity index (χ2n) is 3.93. The summed E-state index contributed by atoms with van der Waals surface area (Å²) in [6.07, 6.45) is 0. The molecule has 0 aromatic heterocycles. The molecule has 0 aliphatic rings. The van der Waals surface area contributed by atoms with Crippen LogP contribution in [0.15, 0.2) is 42.5 Å². The molecule has 0 aliphatic carbocycles. The second kappa shape index (κ2) is 6.10. The molecule has 0 fully saturated rings. The Bertz CT molecular complexity index is 792. The monoisotopic (exact) mass is 325 g/mol. The molecule has 9 heteroatoms. The number of hydrogen-bond acceptors (Lipinski definition) is 4. The number of hydrogen-bond donors (Lipinski definition) is 2. The Labute approximate surface area is 138 Å². The van der Waals surface area contributed by atoms with Crippen LogP contribution in [-0.2, 0) is 20.2 Å². The molecule has 1 radical (unpaired) electrons. The van der Waals surface area contributed by atoms with E-state index in [1.807, 2.05) is 0 Å². The fourth-order valence-corrected chi connectivity index (χ4v) is 4.21. The first-order valence-corrected chi connectivity index (χ1v) is 8.12. The normalized spacial score (nSPS) is 12.3. The van der Waals surface area contributed by atoms with Crippen LogP contribution in [0.25, 0.3) is 10.8 Å². The molecule has 0 heterocycles. The molecular weight excluding hydrogens is 315 g/mol.